The molecule has 0 bridgehead atoms. The summed E-state index contributed by atoms with van der Waals surface area (Å²) in [7, 11) is 0. The molecule has 1 aliphatic rings. The minimum Gasteiger partial charge on any atom is -0.478 e. The number of imide groups is 1. The molecule has 0 aliphatic carbocycles. The van der Waals surface area contributed by atoms with Gasteiger partial charge in [0.25, 0.3) is 11.8 Å². The van der Waals surface area contributed by atoms with Gasteiger partial charge in [-0.25, -0.2) is 9.69 Å². The Kier molecular flexibility index (Phi) is 4.64. The Balaban J connectivity index is 2.24. The van der Waals surface area contributed by atoms with E-state index in [1.54, 1.807) is 0 Å². The molecule has 0 saturated heterocycles. The summed E-state index contributed by atoms with van der Waals surface area (Å²) in [6.07, 6.45) is 1.60. The van der Waals surface area contributed by atoms with Crippen LogP contribution in [0.2, 0.25) is 0 Å². The Morgan fingerprint density at radius 3 is 2.38 bits per heavy atom. The molecule has 2 amide bonds. The Labute approximate surface area is 152 Å². The largest absolute Gasteiger partial charge is 0.478 e. The topological polar surface area (TPSA) is 74.7 Å². The highest BCUT2D eigenvalue weighted by molar-refractivity contribution is 6.36. The number of fused-ring (bicyclic) bond motifs is 1. The van der Waals surface area contributed by atoms with Gasteiger partial charge < -0.3 is 5.11 Å². The lowest BCUT2D eigenvalue weighted by Crippen LogP contribution is -2.32. The smallest absolute Gasteiger partial charge is 0.336 e. The van der Waals surface area contributed by atoms with Crippen LogP contribution in [0.1, 0.15) is 75.3 Å². The highest BCUT2D eigenvalue weighted by Crippen LogP contribution is 2.38. The number of rotatable bonds is 5. The quantitative estimate of drug-likeness (QED) is 0.817. The number of carboxylic acid groups (broad SMARTS) is 1. The van der Waals surface area contributed by atoms with Crippen molar-refractivity contribution >= 4 is 23.5 Å². The fraction of sp³-hybridized carbons (Fsp3) is 0.286. The minimum atomic E-state index is -1.21. The van der Waals surface area contributed by atoms with Gasteiger partial charge in [0.1, 0.15) is 0 Å². The fourth-order valence-corrected chi connectivity index (χ4v) is 3.49. The molecule has 5 nitrogen and oxygen atoms in total. The van der Waals surface area contributed by atoms with Crippen LogP contribution in [0.15, 0.2) is 36.4 Å². The molecule has 0 spiro atoms. The van der Waals surface area contributed by atoms with Crippen molar-refractivity contribution in [1.82, 2.24) is 0 Å². The molecule has 26 heavy (non-hydrogen) atoms. The molecule has 5 heteroatoms. The molecule has 2 aromatic carbocycles. The number of hydrogen-bond acceptors (Lipinski definition) is 3. The number of amides is 2. The van der Waals surface area contributed by atoms with Gasteiger partial charge in [0, 0.05) is 0 Å². The number of benzene rings is 2. The summed E-state index contributed by atoms with van der Waals surface area (Å²) in [5.74, 6) is -2.12. The first kappa shape index (κ1) is 17.9. The van der Waals surface area contributed by atoms with Gasteiger partial charge in [-0.05, 0) is 35.6 Å². The molecule has 134 valence electrons. The second-order valence-electron chi connectivity index (χ2n) is 6.74. The number of anilines is 1. The van der Waals surface area contributed by atoms with E-state index >= 15 is 0 Å². The lowest BCUT2D eigenvalue weighted by Gasteiger charge is -2.23. The van der Waals surface area contributed by atoms with Crippen LogP contribution in [0.25, 0.3) is 0 Å². The van der Waals surface area contributed by atoms with E-state index in [4.69, 9.17) is 0 Å². The van der Waals surface area contributed by atoms with Gasteiger partial charge in [-0.1, -0.05) is 51.5 Å². The summed E-state index contributed by atoms with van der Waals surface area (Å²) in [4.78, 5) is 38.8. The molecule has 0 saturated carbocycles. The predicted molar refractivity (Wildman–Crippen MR) is 99.1 cm³/mol. The van der Waals surface area contributed by atoms with E-state index in [0.29, 0.717) is 5.69 Å². The fourth-order valence-electron chi connectivity index (χ4n) is 3.49. The van der Waals surface area contributed by atoms with Crippen LogP contribution in [0.5, 0.6) is 0 Å². The molecule has 0 radical (unpaired) electrons. The lowest BCUT2D eigenvalue weighted by atomic mass is 9.95. The van der Waals surface area contributed by atoms with Gasteiger partial charge in [-0.15, -0.1) is 0 Å². The summed E-state index contributed by atoms with van der Waals surface area (Å²) in [5.41, 5.74) is 2.42. The van der Waals surface area contributed by atoms with Crippen molar-refractivity contribution in [1.29, 1.82) is 0 Å². The maximum atomic E-state index is 13.1. The second kappa shape index (κ2) is 6.75. The Bertz CT molecular complexity index is 914. The Hall–Kier alpha value is -2.95. The number of aryl methyl sites for hydroxylation is 1. The van der Waals surface area contributed by atoms with Gasteiger partial charge in [-0.3, -0.25) is 9.59 Å². The first-order valence-corrected chi connectivity index (χ1v) is 8.75. The zero-order valence-corrected chi connectivity index (χ0v) is 15.1. The normalized spacial score (nSPS) is 13.5. The Morgan fingerprint density at radius 2 is 1.77 bits per heavy atom. The van der Waals surface area contributed by atoms with Crippen LogP contribution in [-0.4, -0.2) is 22.9 Å². The predicted octanol–water partition coefficient (Wildman–Crippen LogP) is 4.26. The van der Waals surface area contributed by atoms with Crippen LogP contribution in [0, 0.1) is 0 Å². The molecule has 1 heterocycles. The highest BCUT2D eigenvalue weighted by Gasteiger charge is 2.41. The number of para-hydroxylation sites is 1. The second-order valence-corrected chi connectivity index (χ2v) is 6.74. The Morgan fingerprint density at radius 1 is 1.08 bits per heavy atom. The van der Waals surface area contributed by atoms with Crippen molar-refractivity contribution in [2.24, 2.45) is 0 Å². The summed E-state index contributed by atoms with van der Waals surface area (Å²) < 4.78 is 0. The molecule has 0 aromatic heterocycles. The molecule has 1 aliphatic heterocycles. The third kappa shape index (κ3) is 2.69. The van der Waals surface area contributed by atoms with Crippen molar-refractivity contribution in [3.8, 4) is 0 Å². The van der Waals surface area contributed by atoms with E-state index < -0.39 is 17.8 Å². The van der Waals surface area contributed by atoms with E-state index in [1.165, 1.54) is 18.2 Å². The van der Waals surface area contributed by atoms with Crippen molar-refractivity contribution in [3.05, 3.63) is 64.2 Å². The number of nitrogens with zero attached hydrogens (tertiary/aromatic N) is 1. The zero-order chi connectivity index (χ0) is 19.0. The average Bonchev–Trinajstić information content (AvgIpc) is 2.86. The summed E-state index contributed by atoms with van der Waals surface area (Å²) in [6.45, 7) is 6.06. The van der Waals surface area contributed by atoms with E-state index in [2.05, 4.69) is 0 Å². The number of carboxylic acids is 1. The van der Waals surface area contributed by atoms with Crippen LogP contribution in [-0.2, 0) is 6.42 Å². The third-order valence-electron chi connectivity index (χ3n) is 4.66. The molecule has 2 aromatic rings. The minimum absolute atomic E-state index is 0.0222. The molecule has 0 fully saturated rings. The van der Waals surface area contributed by atoms with E-state index in [-0.39, 0.29) is 22.6 Å². The van der Waals surface area contributed by atoms with Gasteiger partial charge in [0.2, 0.25) is 0 Å². The first-order chi connectivity index (χ1) is 12.4. The average molecular weight is 351 g/mol. The summed E-state index contributed by atoms with van der Waals surface area (Å²) in [5, 5.41) is 9.41. The molecular formula is C21H21NO4. The monoisotopic (exact) mass is 351 g/mol. The standard InChI is InChI=1S/C21H21NO4/c1-4-7-13-8-5-9-14(12(2)3)18(13)22-19(23)15-10-6-11-16(21(25)26)17(15)20(22)24/h5-6,8-12H,4,7H2,1-3H3,(H,25,26). The number of hydrogen-bond donors (Lipinski definition) is 1. The van der Waals surface area contributed by atoms with E-state index in [9.17, 15) is 19.5 Å². The first-order valence-electron chi connectivity index (χ1n) is 8.75. The van der Waals surface area contributed by atoms with Gasteiger partial charge >= 0.3 is 5.97 Å². The molecule has 3 rings (SSSR count). The summed E-state index contributed by atoms with van der Waals surface area (Å²) in [6, 6.07) is 10.1. The van der Waals surface area contributed by atoms with E-state index in [0.717, 1.165) is 28.9 Å². The van der Waals surface area contributed by atoms with Crippen LogP contribution < -0.4 is 4.90 Å². The molecule has 1 N–H and O–H groups in total. The van der Waals surface area contributed by atoms with Crippen molar-refractivity contribution in [3.63, 3.8) is 0 Å². The van der Waals surface area contributed by atoms with Gasteiger partial charge in [0.15, 0.2) is 0 Å². The van der Waals surface area contributed by atoms with E-state index in [1.807, 2.05) is 39.0 Å². The third-order valence-corrected chi connectivity index (χ3v) is 4.66. The van der Waals surface area contributed by atoms with Crippen LogP contribution in [0.3, 0.4) is 0 Å². The van der Waals surface area contributed by atoms with Crippen molar-refractivity contribution in [2.45, 2.75) is 39.5 Å². The lowest BCUT2D eigenvalue weighted by molar-refractivity contribution is 0.0692. The number of carbonyl (C=O) groups is 3. The maximum Gasteiger partial charge on any atom is 0.336 e. The maximum absolute atomic E-state index is 13.1. The number of carbonyl (C=O) groups excluding carboxylic acids is 2. The zero-order valence-electron chi connectivity index (χ0n) is 15.1. The van der Waals surface area contributed by atoms with Crippen molar-refractivity contribution < 1.29 is 19.5 Å². The van der Waals surface area contributed by atoms with Crippen molar-refractivity contribution in [2.75, 3.05) is 4.90 Å². The molecule has 0 unspecified atom stereocenters. The van der Waals surface area contributed by atoms with Crippen LogP contribution in [0.4, 0.5) is 5.69 Å². The molecule has 0 atom stereocenters. The molecular weight excluding hydrogens is 330 g/mol. The summed E-state index contributed by atoms with van der Waals surface area (Å²) >= 11 is 0. The van der Waals surface area contributed by atoms with Gasteiger partial charge in [-0.2, -0.15) is 0 Å². The highest BCUT2D eigenvalue weighted by atomic mass is 16.4. The number of aromatic carboxylic acids is 1. The van der Waals surface area contributed by atoms with Crippen LogP contribution >= 0.6 is 0 Å². The SMILES string of the molecule is CCCc1cccc(C(C)C)c1N1C(=O)c2cccc(C(=O)O)c2C1=O. The van der Waals surface area contributed by atoms with Gasteiger partial charge in [0.05, 0.1) is 22.4 Å².